The molecule has 0 aliphatic heterocycles. The number of halogens is 1. The maximum Gasteiger partial charge on any atom is 0.272 e. The van der Waals surface area contributed by atoms with E-state index in [1.165, 1.54) is 26.0 Å². The number of amides is 3. The summed E-state index contributed by atoms with van der Waals surface area (Å²) in [6, 6.07) is 26.3. The molecule has 4 rings (SSSR count). The van der Waals surface area contributed by atoms with Crippen molar-refractivity contribution < 1.29 is 23.9 Å². The average molecular weight is 630 g/mol. The zero-order chi connectivity index (χ0) is 31.6. The van der Waals surface area contributed by atoms with Gasteiger partial charge < -0.3 is 25.4 Å². The van der Waals surface area contributed by atoms with Crippen molar-refractivity contribution in [3.63, 3.8) is 0 Å². The normalized spacial score (nSPS) is 11.7. The Balaban J connectivity index is 1.51. The Morgan fingerprint density at radius 1 is 0.818 bits per heavy atom. The Kier molecular flexibility index (Phi) is 11.1. The summed E-state index contributed by atoms with van der Waals surface area (Å²) < 4.78 is 10.7. The minimum atomic E-state index is -0.534. The van der Waals surface area contributed by atoms with Crippen LogP contribution in [0.15, 0.2) is 102 Å². The van der Waals surface area contributed by atoms with E-state index in [1.807, 2.05) is 19.1 Å². The highest BCUT2D eigenvalue weighted by Crippen LogP contribution is 2.29. The highest BCUT2D eigenvalue weighted by Gasteiger charge is 2.18. The summed E-state index contributed by atoms with van der Waals surface area (Å²) >= 11 is 7.53. The summed E-state index contributed by atoms with van der Waals surface area (Å²) in [5.74, 6) is -0.152. The van der Waals surface area contributed by atoms with Crippen LogP contribution < -0.4 is 25.4 Å². The molecule has 226 valence electrons. The standard InChI is InChI=1S/C34H32ClN3O5S/c1-21-13-15-26(20-28(21)35)36-32(39)22(2)44-27-12-8-11-25(19-27)37-34(41)29(38-33(40)24-9-6-5-7-10-24)17-23-14-16-30(42-3)31(18-23)43-4/h5-20,22H,1-4H3,(H,36,39)(H,37,41)(H,38,40)/b29-17+. The molecule has 0 bridgehead atoms. The molecule has 0 aromatic heterocycles. The predicted octanol–water partition coefficient (Wildman–Crippen LogP) is 7.19. The van der Waals surface area contributed by atoms with Crippen LogP contribution in [0.1, 0.15) is 28.4 Å². The van der Waals surface area contributed by atoms with Gasteiger partial charge in [-0.05, 0) is 85.6 Å². The summed E-state index contributed by atoms with van der Waals surface area (Å²) in [4.78, 5) is 40.1. The van der Waals surface area contributed by atoms with Gasteiger partial charge in [0, 0.05) is 26.9 Å². The molecule has 1 atom stereocenters. The van der Waals surface area contributed by atoms with Crippen molar-refractivity contribution in [2.75, 3.05) is 24.9 Å². The fourth-order valence-corrected chi connectivity index (χ4v) is 5.18. The molecule has 4 aromatic rings. The minimum Gasteiger partial charge on any atom is -0.493 e. The van der Waals surface area contributed by atoms with Gasteiger partial charge in [-0.25, -0.2) is 0 Å². The molecular weight excluding hydrogens is 598 g/mol. The van der Waals surface area contributed by atoms with Crippen molar-refractivity contribution in [1.82, 2.24) is 5.32 Å². The van der Waals surface area contributed by atoms with Crippen molar-refractivity contribution in [2.45, 2.75) is 24.0 Å². The quantitative estimate of drug-likeness (QED) is 0.120. The minimum absolute atomic E-state index is 0.0219. The number of benzene rings is 4. The number of carbonyl (C=O) groups is 3. The van der Waals surface area contributed by atoms with Gasteiger partial charge in [-0.15, -0.1) is 11.8 Å². The van der Waals surface area contributed by atoms with Gasteiger partial charge in [0.25, 0.3) is 11.8 Å². The van der Waals surface area contributed by atoms with Crippen LogP contribution in [0, 0.1) is 6.92 Å². The van der Waals surface area contributed by atoms with Gasteiger partial charge in [0.15, 0.2) is 11.5 Å². The fraction of sp³-hybridized carbons (Fsp3) is 0.147. The van der Waals surface area contributed by atoms with Gasteiger partial charge in [-0.1, -0.05) is 48.0 Å². The Hall–Kier alpha value is -4.73. The first-order valence-corrected chi connectivity index (χ1v) is 14.9. The van der Waals surface area contributed by atoms with E-state index in [-0.39, 0.29) is 11.6 Å². The summed E-state index contributed by atoms with van der Waals surface area (Å²) in [7, 11) is 3.05. The first kappa shape index (κ1) is 32.2. The van der Waals surface area contributed by atoms with Crippen LogP contribution >= 0.6 is 23.4 Å². The van der Waals surface area contributed by atoms with Gasteiger partial charge in [-0.2, -0.15) is 0 Å². The Morgan fingerprint density at radius 3 is 2.25 bits per heavy atom. The van der Waals surface area contributed by atoms with Crippen molar-refractivity contribution in [3.8, 4) is 11.5 Å². The van der Waals surface area contributed by atoms with E-state index in [1.54, 1.807) is 91.9 Å². The largest absolute Gasteiger partial charge is 0.493 e. The second-order valence-corrected chi connectivity index (χ2v) is 11.5. The second kappa shape index (κ2) is 15.1. The smallest absolute Gasteiger partial charge is 0.272 e. The average Bonchev–Trinajstić information content (AvgIpc) is 3.02. The van der Waals surface area contributed by atoms with Gasteiger partial charge in [0.2, 0.25) is 5.91 Å². The molecule has 0 fully saturated rings. The van der Waals surface area contributed by atoms with Crippen molar-refractivity contribution in [1.29, 1.82) is 0 Å². The van der Waals surface area contributed by atoms with Crippen molar-refractivity contribution in [2.24, 2.45) is 0 Å². The van der Waals surface area contributed by atoms with Gasteiger partial charge in [0.1, 0.15) is 5.70 Å². The lowest BCUT2D eigenvalue weighted by Gasteiger charge is -2.15. The third kappa shape index (κ3) is 8.65. The zero-order valence-electron chi connectivity index (χ0n) is 24.6. The van der Waals surface area contributed by atoms with Crippen LogP contribution in [0.25, 0.3) is 6.08 Å². The number of thioether (sulfide) groups is 1. The van der Waals surface area contributed by atoms with Crippen molar-refractivity contribution >= 4 is 58.5 Å². The molecule has 3 amide bonds. The van der Waals surface area contributed by atoms with Gasteiger partial charge in [-0.3, -0.25) is 14.4 Å². The summed E-state index contributed by atoms with van der Waals surface area (Å²) in [5.41, 5.74) is 3.06. The van der Waals surface area contributed by atoms with Crippen LogP contribution in [0.2, 0.25) is 5.02 Å². The number of aryl methyl sites for hydroxylation is 1. The Bertz CT molecular complexity index is 1690. The first-order chi connectivity index (χ1) is 21.2. The Morgan fingerprint density at radius 2 is 1.55 bits per heavy atom. The highest BCUT2D eigenvalue weighted by molar-refractivity contribution is 8.00. The van der Waals surface area contributed by atoms with Crippen LogP contribution in [0.5, 0.6) is 11.5 Å². The number of methoxy groups -OCH3 is 2. The van der Waals surface area contributed by atoms with Crippen LogP contribution in [-0.4, -0.2) is 37.2 Å². The summed E-state index contributed by atoms with van der Waals surface area (Å²) in [6.07, 6.45) is 1.56. The topological polar surface area (TPSA) is 106 Å². The fourth-order valence-electron chi connectivity index (χ4n) is 4.07. The molecule has 0 heterocycles. The molecule has 0 saturated carbocycles. The van der Waals surface area contributed by atoms with Crippen LogP contribution in [-0.2, 0) is 9.59 Å². The molecule has 44 heavy (non-hydrogen) atoms. The van der Waals surface area contributed by atoms with E-state index in [2.05, 4.69) is 16.0 Å². The number of ether oxygens (including phenoxy) is 2. The van der Waals surface area contributed by atoms with Gasteiger partial charge in [0.05, 0.1) is 19.5 Å². The lowest BCUT2D eigenvalue weighted by atomic mass is 10.1. The SMILES string of the molecule is COc1ccc(/C=C(/NC(=O)c2ccccc2)C(=O)Nc2cccc(SC(C)C(=O)Nc3ccc(C)c(Cl)c3)c2)cc1OC. The van der Waals surface area contributed by atoms with Crippen LogP contribution in [0.4, 0.5) is 11.4 Å². The maximum absolute atomic E-state index is 13.5. The number of rotatable bonds is 11. The molecular formula is C34H32ClN3O5S. The van der Waals surface area contributed by atoms with E-state index in [0.29, 0.717) is 39.0 Å². The zero-order valence-corrected chi connectivity index (χ0v) is 26.2. The molecule has 0 aliphatic carbocycles. The third-order valence-electron chi connectivity index (χ3n) is 6.46. The molecule has 4 aromatic carbocycles. The second-order valence-electron chi connectivity index (χ2n) is 9.69. The Labute approximate surface area is 265 Å². The molecule has 8 nitrogen and oxygen atoms in total. The van der Waals surface area contributed by atoms with E-state index >= 15 is 0 Å². The van der Waals surface area contributed by atoms with Crippen LogP contribution in [0.3, 0.4) is 0 Å². The van der Waals surface area contributed by atoms with E-state index < -0.39 is 17.1 Å². The lowest BCUT2D eigenvalue weighted by Crippen LogP contribution is -2.30. The van der Waals surface area contributed by atoms with Gasteiger partial charge >= 0.3 is 0 Å². The molecule has 0 radical (unpaired) electrons. The monoisotopic (exact) mass is 629 g/mol. The molecule has 10 heteroatoms. The third-order valence-corrected chi connectivity index (χ3v) is 7.96. The molecule has 0 saturated heterocycles. The lowest BCUT2D eigenvalue weighted by molar-refractivity contribution is -0.115. The first-order valence-electron chi connectivity index (χ1n) is 13.6. The van der Waals surface area contributed by atoms with E-state index in [9.17, 15) is 14.4 Å². The predicted molar refractivity (Wildman–Crippen MR) is 177 cm³/mol. The number of hydrogen-bond acceptors (Lipinski definition) is 6. The van der Waals surface area contributed by atoms with E-state index in [4.69, 9.17) is 21.1 Å². The van der Waals surface area contributed by atoms with E-state index in [0.717, 1.165) is 10.5 Å². The molecule has 1 unspecified atom stereocenters. The molecule has 0 spiro atoms. The number of carbonyl (C=O) groups excluding carboxylic acids is 3. The number of anilines is 2. The summed E-state index contributed by atoms with van der Waals surface area (Å²) in [5, 5.41) is 8.61. The van der Waals surface area contributed by atoms with Crippen molar-refractivity contribution in [3.05, 3.63) is 118 Å². The highest BCUT2D eigenvalue weighted by atomic mass is 35.5. The molecule has 3 N–H and O–H groups in total. The number of nitrogens with one attached hydrogen (secondary N) is 3. The number of hydrogen-bond donors (Lipinski definition) is 3. The molecule has 0 aliphatic rings. The maximum atomic E-state index is 13.5. The summed E-state index contributed by atoms with van der Waals surface area (Å²) in [6.45, 7) is 3.69.